The molecule has 0 saturated carbocycles. The van der Waals surface area contributed by atoms with Crippen LogP contribution in [-0.4, -0.2) is 18.0 Å². The average Bonchev–Trinajstić information content (AvgIpc) is 1.87. The molecule has 0 aliphatic rings. The van der Waals surface area contributed by atoms with Crippen LogP contribution in [-0.2, 0) is 4.79 Å². The van der Waals surface area contributed by atoms with Gasteiger partial charge in [0.1, 0.15) is 0 Å². The zero-order chi connectivity index (χ0) is 9.07. The molecule has 0 rings (SSSR count). The van der Waals surface area contributed by atoms with E-state index < -0.39 is 0 Å². The van der Waals surface area contributed by atoms with Gasteiger partial charge in [-0.25, -0.2) is 0 Å². The molecule has 0 fully saturated rings. The van der Waals surface area contributed by atoms with Crippen LogP contribution in [0, 0.1) is 0 Å². The minimum Gasteiger partial charge on any atom is -1.00 e. The molecule has 0 unspecified atom stereocenters. The van der Waals surface area contributed by atoms with Crippen LogP contribution in [0.15, 0.2) is 12.2 Å². The second-order valence-electron chi connectivity index (χ2n) is 3.37. The first-order valence-corrected chi connectivity index (χ1v) is 3.66. The second kappa shape index (κ2) is 5.17. The topological polar surface area (TPSA) is 56.7 Å². The minimum atomic E-state index is -0.226. The van der Waals surface area contributed by atoms with E-state index in [0.29, 0.717) is 12.1 Å². The van der Waals surface area contributed by atoms with Crippen molar-refractivity contribution in [3.63, 3.8) is 0 Å². The van der Waals surface area contributed by atoms with Crippen LogP contribution in [0.3, 0.4) is 0 Å². The molecule has 1 amide bonds. The smallest absolute Gasteiger partial charge is 0.246 e. The maximum Gasteiger partial charge on any atom is 0.246 e. The summed E-state index contributed by atoms with van der Waals surface area (Å²) in [6.45, 7) is 9.77. The first-order valence-electron chi connectivity index (χ1n) is 3.66. The van der Waals surface area contributed by atoms with Gasteiger partial charge in [0.2, 0.25) is 5.91 Å². The number of hydrogen-bond acceptors (Lipinski definition) is 1. The van der Waals surface area contributed by atoms with Crippen LogP contribution in [0.4, 0.5) is 0 Å². The SMILES string of the molecule is C=C(C)C(=O)NC(C)(C)C[NH3+].[Cl-]. The van der Waals surface area contributed by atoms with E-state index in [2.05, 4.69) is 17.6 Å². The van der Waals surface area contributed by atoms with Crippen LogP contribution in [0.5, 0.6) is 0 Å². The molecular weight excluding hydrogens is 176 g/mol. The Bertz CT molecular complexity index is 178. The van der Waals surface area contributed by atoms with E-state index in [0.717, 1.165) is 0 Å². The van der Waals surface area contributed by atoms with Gasteiger partial charge in [-0.2, -0.15) is 0 Å². The summed E-state index contributed by atoms with van der Waals surface area (Å²) in [4.78, 5) is 11.1. The zero-order valence-electron chi connectivity index (χ0n) is 7.91. The summed E-state index contributed by atoms with van der Waals surface area (Å²) in [5.74, 6) is -0.0985. The molecule has 0 aliphatic carbocycles. The Hall–Kier alpha value is -0.540. The fourth-order valence-electron chi connectivity index (χ4n) is 0.477. The Morgan fingerprint density at radius 2 is 2.00 bits per heavy atom. The number of amides is 1. The molecule has 0 radical (unpaired) electrons. The molecule has 12 heavy (non-hydrogen) atoms. The Morgan fingerprint density at radius 1 is 1.58 bits per heavy atom. The molecule has 72 valence electrons. The van der Waals surface area contributed by atoms with Crippen LogP contribution < -0.4 is 23.5 Å². The van der Waals surface area contributed by atoms with E-state index in [1.807, 2.05) is 13.8 Å². The Balaban J connectivity index is 0. The first-order chi connectivity index (χ1) is 4.89. The molecule has 4 N–H and O–H groups in total. The zero-order valence-corrected chi connectivity index (χ0v) is 8.66. The number of rotatable bonds is 3. The lowest BCUT2D eigenvalue weighted by Crippen LogP contribution is -3.00. The largest absolute Gasteiger partial charge is 1.00 e. The third-order valence-electron chi connectivity index (χ3n) is 1.46. The normalized spacial score (nSPS) is 10.0. The number of halogens is 1. The Labute approximate surface area is 79.8 Å². The van der Waals surface area contributed by atoms with Crippen LogP contribution in [0.2, 0.25) is 0 Å². The maximum absolute atomic E-state index is 11.1. The molecule has 0 heterocycles. The van der Waals surface area contributed by atoms with Crippen molar-refractivity contribution in [1.29, 1.82) is 0 Å². The highest BCUT2D eigenvalue weighted by molar-refractivity contribution is 5.92. The van der Waals surface area contributed by atoms with E-state index in [9.17, 15) is 4.79 Å². The molecule has 0 aliphatic heterocycles. The summed E-state index contributed by atoms with van der Waals surface area (Å²) in [6.07, 6.45) is 0. The summed E-state index contributed by atoms with van der Waals surface area (Å²) < 4.78 is 0. The highest BCUT2D eigenvalue weighted by Crippen LogP contribution is 1.99. The van der Waals surface area contributed by atoms with E-state index in [1.54, 1.807) is 6.92 Å². The molecule has 0 spiro atoms. The molecule has 3 nitrogen and oxygen atoms in total. The number of carbonyl (C=O) groups excluding carboxylic acids is 1. The van der Waals surface area contributed by atoms with E-state index in [1.165, 1.54) is 0 Å². The Kier molecular flexibility index (Phi) is 6.03. The van der Waals surface area contributed by atoms with Crippen molar-refractivity contribution in [1.82, 2.24) is 5.32 Å². The van der Waals surface area contributed by atoms with Crippen LogP contribution in [0.1, 0.15) is 20.8 Å². The van der Waals surface area contributed by atoms with Crippen molar-refractivity contribution in [2.24, 2.45) is 0 Å². The van der Waals surface area contributed by atoms with Gasteiger partial charge in [-0.05, 0) is 20.8 Å². The third-order valence-corrected chi connectivity index (χ3v) is 1.46. The minimum absolute atomic E-state index is 0. The molecule has 0 bridgehead atoms. The molecule has 0 atom stereocenters. The van der Waals surface area contributed by atoms with Gasteiger partial charge < -0.3 is 23.5 Å². The predicted molar refractivity (Wildman–Crippen MR) is 44.8 cm³/mol. The quantitative estimate of drug-likeness (QED) is 0.453. The van der Waals surface area contributed by atoms with Gasteiger partial charge in [0, 0.05) is 5.57 Å². The van der Waals surface area contributed by atoms with Crippen molar-refractivity contribution in [3.8, 4) is 0 Å². The van der Waals surface area contributed by atoms with Gasteiger partial charge in [-0.1, -0.05) is 6.58 Å². The fourth-order valence-corrected chi connectivity index (χ4v) is 0.477. The number of quaternary nitrogens is 1. The van der Waals surface area contributed by atoms with Gasteiger partial charge in [0.15, 0.2) is 0 Å². The van der Waals surface area contributed by atoms with Gasteiger partial charge in [0.25, 0.3) is 0 Å². The summed E-state index contributed by atoms with van der Waals surface area (Å²) in [5.41, 5.74) is 4.03. The summed E-state index contributed by atoms with van der Waals surface area (Å²) in [5, 5.41) is 2.80. The maximum atomic E-state index is 11.1. The van der Waals surface area contributed by atoms with Crippen molar-refractivity contribution >= 4 is 5.91 Å². The van der Waals surface area contributed by atoms with Crippen molar-refractivity contribution in [2.45, 2.75) is 26.3 Å². The number of carbonyl (C=O) groups is 1. The standard InChI is InChI=1S/C8H16N2O.ClH/c1-6(2)7(11)10-8(3,4)5-9;/h1,5,9H2,2-4H3,(H,10,11);1H. The number of hydrogen-bond donors (Lipinski definition) is 2. The first kappa shape index (κ1) is 14.0. The van der Waals surface area contributed by atoms with Crippen molar-refractivity contribution in [2.75, 3.05) is 6.54 Å². The fraction of sp³-hybridized carbons (Fsp3) is 0.625. The Morgan fingerprint density at radius 3 is 2.25 bits per heavy atom. The van der Waals surface area contributed by atoms with Crippen molar-refractivity contribution in [3.05, 3.63) is 12.2 Å². The second-order valence-corrected chi connectivity index (χ2v) is 3.37. The number of nitrogens with one attached hydrogen (secondary N) is 1. The van der Waals surface area contributed by atoms with E-state index >= 15 is 0 Å². The molecular formula is C8H17ClN2O. The van der Waals surface area contributed by atoms with E-state index in [-0.39, 0.29) is 23.9 Å². The lowest BCUT2D eigenvalue weighted by Gasteiger charge is -2.21. The van der Waals surface area contributed by atoms with Gasteiger partial charge in [-0.3, -0.25) is 4.79 Å². The van der Waals surface area contributed by atoms with Gasteiger partial charge in [-0.15, -0.1) is 0 Å². The van der Waals surface area contributed by atoms with Gasteiger partial charge in [0.05, 0.1) is 12.1 Å². The van der Waals surface area contributed by atoms with Crippen LogP contribution >= 0.6 is 0 Å². The lowest BCUT2D eigenvalue weighted by molar-refractivity contribution is -0.380. The monoisotopic (exact) mass is 192 g/mol. The highest BCUT2D eigenvalue weighted by atomic mass is 35.5. The lowest BCUT2D eigenvalue weighted by atomic mass is 10.1. The highest BCUT2D eigenvalue weighted by Gasteiger charge is 2.20. The molecule has 4 heteroatoms. The predicted octanol–water partition coefficient (Wildman–Crippen LogP) is -3.30. The summed E-state index contributed by atoms with van der Waals surface area (Å²) in [7, 11) is 0. The summed E-state index contributed by atoms with van der Waals surface area (Å²) >= 11 is 0. The molecule has 0 aromatic rings. The van der Waals surface area contributed by atoms with Gasteiger partial charge >= 0.3 is 0 Å². The van der Waals surface area contributed by atoms with E-state index in [4.69, 9.17) is 0 Å². The average molecular weight is 193 g/mol. The molecule has 0 aromatic heterocycles. The molecule has 0 aromatic carbocycles. The van der Waals surface area contributed by atoms with Crippen LogP contribution in [0.25, 0.3) is 0 Å². The van der Waals surface area contributed by atoms with Crippen molar-refractivity contribution < 1.29 is 22.9 Å². The summed E-state index contributed by atoms with van der Waals surface area (Å²) in [6, 6.07) is 0. The third kappa shape index (κ3) is 5.16. The molecule has 0 saturated heterocycles.